The molecule has 2 saturated carbocycles. The molecule has 2 aliphatic heterocycles. The molecule has 2 aliphatic carbocycles. The van der Waals surface area contributed by atoms with Crippen LogP contribution in [0.25, 0.3) is 0 Å². The largest absolute Gasteiger partial charge is 0.377 e. The number of ether oxygens (including phenoxy) is 1. The molecule has 124 valence electrons. The molecule has 2 heterocycles. The van der Waals surface area contributed by atoms with Gasteiger partial charge in [-0.1, -0.05) is 12.8 Å². The summed E-state index contributed by atoms with van der Waals surface area (Å²) < 4.78 is 5.97. The number of amides is 1. The zero-order valence-corrected chi connectivity index (χ0v) is 13.6. The normalized spacial score (nSPS) is 34.7. The molecule has 0 radical (unpaired) electrons. The van der Waals surface area contributed by atoms with Gasteiger partial charge in [0.05, 0.1) is 6.10 Å². The molecule has 4 rings (SSSR count). The van der Waals surface area contributed by atoms with Crippen LogP contribution in [0.4, 0.5) is 0 Å². The summed E-state index contributed by atoms with van der Waals surface area (Å²) in [4.78, 5) is 12.4. The summed E-state index contributed by atoms with van der Waals surface area (Å²) in [6.07, 6.45) is 14.3. The fourth-order valence-electron chi connectivity index (χ4n) is 5.13. The predicted molar refractivity (Wildman–Crippen MR) is 85.6 cm³/mol. The third kappa shape index (κ3) is 2.48. The number of nitrogens with one attached hydrogen (secondary N) is 1. The first-order chi connectivity index (χ1) is 11.2. The van der Waals surface area contributed by atoms with Crippen molar-refractivity contribution in [2.45, 2.75) is 75.6 Å². The van der Waals surface area contributed by atoms with Crippen molar-refractivity contribution in [3.8, 4) is 12.3 Å². The number of carbonyl (C=O) groups is 1. The average Bonchev–Trinajstić information content (AvgIpc) is 2.98. The van der Waals surface area contributed by atoms with Gasteiger partial charge in [-0.05, 0) is 19.3 Å². The molecule has 1 spiro atoms. The Morgan fingerprint density at radius 3 is 2.78 bits per heavy atom. The lowest BCUT2D eigenvalue weighted by Crippen LogP contribution is -2.68. The third-order valence-electron chi connectivity index (χ3n) is 6.41. The van der Waals surface area contributed by atoms with Gasteiger partial charge in [0.25, 0.3) is 0 Å². The van der Waals surface area contributed by atoms with Crippen molar-refractivity contribution >= 4 is 5.91 Å². The number of fused-ring (bicyclic) bond motifs is 2. The highest BCUT2D eigenvalue weighted by molar-refractivity contribution is 5.76. The first-order valence-corrected chi connectivity index (χ1v) is 8.98. The maximum atomic E-state index is 12.4. The molecule has 0 aromatic heterocycles. The van der Waals surface area contributed by atoms with E-state index in [1.165, 1.54) is 25.7 Å². The van der Waals surface area contributed by atoms with Gasteiger partial charge < -0.3 is 10.1 Å². The summed E-state index contributed by atoms with van der Waals surface area (Å²) in [5.74, 6) is 3.30. The molecule has 0 bridgehead atoms. The first kappa shape index (κ1) is 15.1. The zero-order chi connectivity index (χ0) is 15.9. The number of carbonyl (C=O) groups excluding carboxylic acids is 1. The van der Waals surface area contributed by atoms with Crippen LogP contribution in [0.15, 0.2) is 10.2 Å². The summed E-state index contributed by atoms with van der Waals surface area (Å²) in [5, 5.41) is 11.6. The van der Waals surface area contributed by atoms with E-state index in [0.29, 0.717) is 37.3 Å². The predicted octanol–water partition coefficient (Wildman–Crippen LogP) is 2.81. The van der Waals surface area contributed by atoms with Gasteiger partial charge in [0.2, 0.25) is 5.91 Å². The average molecular weight is 315 g/mol. The minimum absolute atomic E-state index is 0.143. The number of terminal acetylenes is 1. The Labute approximate surface area is 137 Å². The van der Waals surface area contributed by atoms with Gasteiger partial charge in [0, 0.05) is 49.7 Å². The molecule has 4 aliphatic rings. The highest BCUT2D eigenvalue weighted by Gasteiger charge is 2.65. The molecular formula is C18H25N3O2. The Morgan fingerprint density at radius 2 is 2.09 bits per heavy atom. The highest BCUT2D eigenvalue weighted by atomic mass is 16.5. The van der Waals surface area contributed by atoms with Gasteiger partial charge in [0.15, 0.2) is 5.66 Å². The second-order valence-electron chi connectivity index (χ2n) is 7.62. The molecular weight excluding hydrogens is 290 g/mol. The van der Waals surface area contributed by atoms with E-state index in [-0.39, 0.29) is 17.0 Å². The fraction of sp³-hybridized carbons (Fsp3) is 0.833. The third-order valence-corrected chi connectivity index (χ3v) is 6.41. The van der Waals surface area contributed by atoms with Gasteiger partial charge >= 0.3 is 0 Å². The Balaban J connectivity index is 1.31. The van der Waals surface area contributed by atoms with Gasteiger partial charge in [-0.3, -0.25) is 4.79 Å². The van der Waals surface area contributed by atoms with Crippen molar-refractivity contribution in [2.75, 3.05) is 6.61 Å². The van der Waals surface area contributed by atoms with E-state index < -0.39 is 0 Å². The maximum Gasteiger partial charge on any atom is 0.220 e. The lowest BCUT2D eigenvalue weighted by atomic mass is 9.54. The smallest absolute Gasteiger partial charge is 0.220 e. The van der Waals surface area contributed by atoms with Crippen molar-refractivity contribution in [2.24, 2.45) is 21.6 Å². The summed E-state index contributed by atoms with van der Waals surface area (Å²) >= 11 is 0. The van der Waals surface area contributed by atoms with Crippen molar-refractivity contribution in [1.29, 1.82) is 0 Å². The molecule has 1 saturated heterocycles. The summed E-state index contributed by atoms with van der Waals surface area (Å²) in [6, 6.07) is 0.319. The minimum atomic E-state index is -0.354. The number of rotatable bonds is 6. The second kappa shape index (κ2) is 5.59. The zero-order valence-electron chi connectivity index (χ0n) is 13.6. The molecule has 3 atom stereocenters. The number of hydrogen-bond donors (Lipinski definition) is 1. The molecule has 5 heteroatoms. The van der Waals surface area contributed by atoms with E-state index in [4.69, 9.17) is 11.2 Å². The van der Waals surface area contributed by atoms with Crippen LogP contribution in [-0.4, -0.2) is 30.3 Å². The van der Waals surface area contributed by atoms with Gasteiger partial charge in [-0.15, -0.1) is 12.3 Å². The Morgan fingerprint density at radius 1 is 1.30 bits per heavy atom. The Hall–Kier alpha value is -1.41. The Bertz CT molecular complexity index is 553. The van der Waals surface area contributed by atoms with Crippen LogP contribution in [0.2, 0.25) is 0 Å². The monoisotopic (exact) mass is 315 g/mol. The SMILES string of the molecule is C#CCCC1(CCC(=O)NC2C3CCOC3C23CCCC3)N=N1. The highest BCUT2D eigenvalue weighted by Crippen LogP contribution is 2.60. The fourth-order valence-corrected chi connectivity index (χ4v) is 5.13. The molecule has 1 amide bonds. The van der Waals surface area contributed by atoms with E-state index >= 15 is 0 Å². The molecule has 0 aromatic carbocycles. The van der Waals surface area contributed by atoms with E-state index in [0.717, 1.165) is 19.4 Å². The topological polar surface area (TPSA) is 63.0 Å². The van der Waals surface area contributed by atoms with E-state index in [2.05, 4.69) is 21.5 Å². The molecule has 0 aromatic rings. The van der Waals surface area contributed by atoms with E-state index in [9.17, 15) is 4.79 Å². The van der Waals surface area contributed by atoms with Crippen LogP contribution in [0, 0.1) is 23.7 Å². The molecule has 3 fully saturated rings. The Kier molecular flexibility index (Phi) is 3.68. The summed E-state index contributed by atoms with van der Waals surface area (Å²) in [5.41, 5.74) is -0.125. The van der Waals surface area contributed by atoms with Crippen LogP contribution in [0.1, 0.15) is 57.8 Å². The lowest BCUT2D eigenvalue weighted by Gasteiger charge is -2.56. The number of hydrogen-bond acceptors (Lipinski definition) is 4. The molecule has 23 heavy (non-hydrogen) atoms. The van der Waals surface area contributed by atoms with Crippen molar-refractivity contribution in [1.82, 2.24) is 5.32 Å². The van der Waals surface area contributed by atoms with Gasteiger partial charge in [0.1, 0.15) is 0 Å². The van der Waals surface area contributed by atoms with Gasteiger partial charge in [-0.2, -0.15) is 10.2 Å². The van der Waals surface area contributed by atoms with Crippen LogP contribution >= 0.6 is 0 Å². The van der Waals surface area contributed by atoms with Crippen molar-refractivity contribution < 1.29 is 9.53 Å². The number of nitrogens with zero attached hydrogens (tertiary/aromatic N) is 2. The molecule has 1 N–H and O–H groups in total. The van der Waals surface area contributed by atoms with E-state index in [1.54, 1.807) is 0 Å². The molecule has 3 unspecified atom stereocenters. The van der Waals surface area contributed by atoms with Crippen LogP contribution < -0.4 is 5.32 Å². The summed E-state index contributed by atoms with van der Waals surface area (Å²) in [7, 11) is 0. The standard InChI is InChI=1S/C18H25N3O2/c1-2-3-10-18(20-21-18)11-6-14(22)19-15-13-7-12-23-16(13)17(15)8-4-5-9-17/h1,13,15-16H,3-12H2,(H,19,22). The molecule has 5 nitrogen and oxygen atoms in total. The quantitative estimate of drug-likeness (QED) is 0.766. The van der Waals surface area contributed by atoms with Crippen LogP contribution in [-0.2, 0) is 9.53 Å². The summed E-state index contributed by atoms with van der Waals surface area (Å²) in [6.45, 7) is 0.858. The van der Waals surface area contributed by atoms with Crippen molar-refractivity contribution in [3.63, 3.8) is 0 Å². The second-order valence-corrected chi connectivity index (χ2v) is 7.62. The first-order valence-electron chi connectivity index (χ1n) is 8.98. The van der Waals surface area contributed by atoms with E-state index in [1.807, 2.05) is 0 Å². The minimum Gasteiger partial charge on any atom is -0.377 e. The maximum absolute atomic E-state index is 12.4. The van der Waals surface area contributed by atoms with Crippen LogP contribution in [0.3, 0.4) is 0 Å². The lowest BCUT2D eigenvalue weighted by molar-refractivity contribution is -0.145. The van der Waals surface area contributed by atoms with Gasteiger partial charge in [-0.25, -0.2) is 0 Å². The van der Waals surface area contributed by atoms with Crippen LogP contribution in [0.5, 0.6) is 0 Å². The van der Waals surface area contributed by atoms with Crippen molar-refractivity contribution in [3.05, 3.63) is 0 Å².